The predicted octanol–water partition coefficient (Wildman–Crippen LogP) is -2.32. The minimum absolute atomic E-state index is 0.242. The molecule has 0 aliphatic carbocycles. The van der Waals surface area contributed by atoms with Crippen molar-refractivity contribution >= 4 is 34.2 Å². The first-order chi connectivity index (χ1) is 13.1. The summed E-state index contributed by atoms with van der Waals surface area (Å²) in [4.78, 5) is 62.8. The van der Waals surface area contributed by atoms with E-state index in [0.717, 1.165) is 6.20 Å². The minimum Gasteiger partial charge on any atom is -0.387 e. The smallest absolute Gasteiger partial charge is 0.387 e. The van der Waals surface area contributed by atoms with Gasteiger partial charge in [0.2, 0.25) is 0 Å². The largest absolute Gasteiger partial charge is 0.488 e. The SMILES string of the molecule is O=c1[nH]cc([C@@H]2O[C@H](COP(O)(=S)OP(=O)(O)OP(=O)(O)O)C(O)[C@@H]2O)c(=O)[nH]1. The maximum atomic E-state index is 11.8. The number of hydrogen-bond donors (Lipinski definition) is 8. The summed E-state index contributed by atoms with van der Waals surface area (Å²) in [6.45, 7) is -5.48. The summed E-state index contributed by atoms with van der Waals surface area (Å²) >= 11 is 4.40. The molecule has 3 unspecified atom stereocenters. The molecule has 29 heavy (non-hydrogen) atoms. The van der Waals surface area contributed by atoms with Crippen molar-refractivity contribution in [2.24, 2.45) is 0 Å². The number of nitrogens with one attached hydrogen (secondary N) is 2. The number of aromatic amines is 2. The number of aromatic nitrogens is 2. The zero-order valence-corrected chi connectivity index (χ0v) is 17.3. The van der Waals surface area contributed by atoms with Gasteiger partial charge in [0.05, 0.1) is 12.2 Å². The Morgan fingerprint density at radius 2 is 1.72 bits per heavy atom. The van der Waals surface area contributed by atoms with E-state index in [1.807, 2.05) is 4.98 Å². The highest BCUT2D eigenvalue weighted by molar-refractivity contribution is 8.08. The van der Waals surface area contributed by atoms with Gasteiger partial charge in [0.15, 0.2) is 0 Å². The summed E-state index contributed by atoms with van der Waals surface area (Å²) in [6.07, 6.45) is -5.26. The van der Waals surface area contributed by atoms with Gasteiger partial charge in [-0.05, 0) is 11.8 Å². The van der Waals surface area contributed by atoms with E-state index in [1.54, 1.807) is 0 Å². The number of rotatable bonds is 8. The first-order valence-corrected chi connectivity index (χ1v) is 12.8. The highest BCUT2D eigenvalue weighted by atomic mass is 32.5. The Morgan fingerprint density at radius 3 is 2.28 bits per heavy atom. The molecule has 1 aliphatic heterocycles. The first-order valence-electron chi connectivity index (χ1n) is 7.22. The standard InChI is InChI=1S/C9H15N2O14P3S/c12-5-4(2-22-28(21,29)25-27(19,20)24-26(16,17)18)23-7(6(5)13)3-1-10-9(15)11-8(3)14/h1,4-7,12-13H,2H2,(H,19,20)(H,21,29)(H2,16,17,18)(H2,10,11,14,15)/t4-,5?,6+,7+,28?/m1/s1. The lowest BCUT2D eigenvalue weighted by Gasteiger charge is -2.21. The van der Waals surface area contributed by atoms with Crippen LogP contribution in [0, 0.1) is 0 Å². The molecule has 1 aliphatic rings. The molecule has 0 bridgehead atoms. The predicted molar refractivity (Wildman–Crippen MR) is 93.8 cm³/mol. The normalized spacial score (nSPS) is 29.3. The molecule has 6 atom stereocenters. The van der Waals surface area contributed by atoms with Crippen LogP contribution in [-0.2, 0) is 38.8 Å². The second-order valence-corrected chi connectivity index (χ2v) is 11.3. The molecule has 0 saturated carbocycles. The van der Waals surface area contributed by atoms with E-state index in [4.69, 9.17) is 19.4 Å². The van der Waals surface area contributed by atoms with Crippen LogP contribution in [0.4, 0.5) is 0 Å². The monoisotopic (exact) mass is 500 g/mol. The molecule has 16 nitrogen and oxygen atoms in total. The van der Waals surface area contributed by atoms with Crippen molar-refractivity contribution in [3.05, 3.63) is 32.6 Å². The molecule has 1 aromatic rings. The van der Waals surface area contributed by atoms with Crippen LogP contribution in [0.3, 0.4) is 0 Å². The first kappa shape index (κ1) is 24.7. The Bertz CT molecular complexity index is 1000. The molecular weight excluding hydrogens is 485 g/mol. The third-order valence-electron chi connectivity index (χ3n) is 3.33. The molecule has 1 aromatic heterocycles. The second kappa shape index (κ2) is 8.86. The Hall–Kier alpha value is -0.610. The van der Waals surface area contributed by atoms with Crippen molar-refractivity contribution in [2.75, 3.05) is 6.61 Å². The lowest BCUT2D eigenvalue weighted by Crippen LogP contribution is -2.34. The van der Waals surface area contributed by atoms with Gasteiger partial charge in [0.25, 0.3) is 5.56 Å². The van der Waals surface area contributed by atoms with E-state index in [9.17, 15) is 33.8 Å². The summed E-state index contributed by atoms with van der Waals surface area (Å²) in [5.41, 5.74) is -1.97. The Kier molecular flexibility index (Phi) is 7.54. The Labute approximate surface area is 165 Å². The summed E-state index contributed by atoms with van der Waals surface area (Å²) in [7, 11) is -11.0. The van der Waals surface area contributed by atoms with Crippen molar-refractivity contribution in [3.63, 3.8) is 0 Å². The van der Waals surface area contributed by atoms with Gasteiger partial charge >= 0.3 is 28.1 Å². The van der Waals surface area contributed by atoms with Gasteiger partial charge in [0, 0.05) is 6.20 Å². The van der Waals surface area contributed by atoms with Crippen LogP contribution >= 0.6 is 22.4 Å². The van der Waals surface area contributed by atoms with Gasteiger partial charge < -0.3 is 44.0 Å². The molecule has 8 N–H and O–H groups in total. The van der Waals surface area contributed by atoms with E-state index < -0.39 is 64.6 Å². The number of phosphoric acid groups is 2. The van der Waals surface area contributed by atoms with Gasteiger partial charge in [-0.15, -0.1) is 0 Å². The van der Waals surface area contributed by atoms with Gasteiger partial charge in [-0.3, -0.25) is 9.78 Å². The van der Waals surface area contributed by atoms with E-state index in [-0.39, 0.29) is 5.56 Å². The Morgan fingerprint density at radius 1 is 1.10 bits per heavy atom. The fraction of sp³-hybridized carbons (Fsp3) is 0.556. The zero-order chi connectivity index (χ0) is 22.2. The maximum Gasteiger partial charge on any atom is 0.488 e. The number of aliphatic hydroxyl groups is 2. The van der Waals surface area contributed by atoms with Gasteiger partial charge in [0.1, 0.15) is 24.4 Å². The number of hydrogen-bond acceptors (Lipinski definition) is 11. The molecule has 1 saturated heterocycles. The molecule has 0 spiro atoms. The third-order valence-corrected chi connectivity index (χ3v) is 8.05. The highest BCUT2D eigenvalue weighted by Gasteiger charge is 2.46. The number of ether oxygens (including phenoxy) is 1. The van der Waals surface area contributed by atoms with E-state index >= 15 is 0 Å². The fourth-order valence-electron chi connectivity index (χ4n) is 2.25. The summed E-state index contributed by atoms with van der Waals surface area (Å²) in [5, 5.41) is 20.0. The lowest BCUT2D eigenvalue weighted by molar-refractivity contribution is -0.0196. The van der Waals surface area contributed by atoms with Gasteiger partial charge in [-0.2, -0.15) is 4.31 Å². The summed E-state index contributed by atoms with van der Waals surface area (Å²) < 4.78 is 39.4. The van der Waals surface area contributed by atoms with Crippen LogP contribution in [0.1, 0.15) is 11.7 Å². The van der Waals surface area contributed by atoms with Crippen molar-refractivity contribution in [2.45, 2.75) is 24.4 Å². The van der Waals surface area contributed by atoms with Crippen LogP contribution < -0.4 is 11.2 Å². The van der Waals surface area contributed by atoms with E-state index in [2.05, 4.69) is 29.9 Å². The maximum absolute atomic E-state index is 11.8. The zero-order valence-electron chi connectivity index (χ0n) is 13.8. The van der Waals surface area contributed by atoms with Crippen molar-refractivity contribution in [1.82, 2.24) is 9.97 Å². The molecule has 0 aromatic carbocycles. The van der Waals surface area contributed by atoms with E-state index in [1.165, 1.54) is 0 Å². The van der Waals surface area contributed by atoms with Crippen molar-refractivity contribution in [3.8, 4) is 0 Å². The molecule has 0 amide bonds. The van der Waals surface area contributed by atoms with Crippen LogP contribution in [-0.4, -0.2) is 64.7 Å². The molecule has 2 rings (SSSR count). The lowest BCUT2D eigenvalue weighted by atomic mass is 10.0. The topological polar surface area (TPSA) is 258 Å². The van der Waals surface area contributed by atoms with Crippen molar-refractivity contribution < 1.29 is 56.8 Å². The van der Waals surface area contributed by atoms with Gasteiger partial charge in [-0.25, -0.2) is 18.2 Å². The fourth-order valence-corrected chi connectivity index (χ4v) is 6.22. The van der Waals surface area contributed by atoms with Crippen LogP contribution in [0.2, 0.25) is 0 Å². The minimum atomic E-state index is -5.52. The second-order valence-electron chi connectivity index (χ2n) is 5.49. The molecule has 20 heteroatoms. The van der Waals surface area contributed by atoms with Crippen molar-refractivity contribution in [1.29, 1.82) is 0 Å². The third kappa shape index (κ3) is 6.95. The number of aliphatic hydroxyl groups excluding tert-OH is 2. The molecule has 166 valence electrons. The van der Waals surface area contributed by atoms with E-state index in [0.29, 0.717) is 0 Å². The number of H-pyrrole nitrogens is 2. The molecule has 2 heterocycles. The highest BCUT2D eigenvalue weighted by Crippen LogP contribution is 2.66. The average molecular weight is 500 g/mol. The van der Waals surface area contributed by atoms with Crippen LogP contribution in [0.15, 0.2) is 15.8 Å². The molecule has 0 radical (unpaired) electrons. The summed E-state index contributed by atoms with van der Waals surface area (Å²) in [5.74, 6) is 0. The Balaban J connectivity index is 2.06. The van der Waals surface area contributed by atoms with Gasteiger partial charge in [-0.1, -0.05) is 0 Å². The quantitative estimate of drug-likeness (QED) is 0.174. The molecule has 1 fully saturated rings. The van der Waals surface area contributed by atoms with Crippen LogP contribution in [0.25, 0.3) is 0 Å². The summed E-state index contributed by atoms with van der Waals surface area (Å²) in [6, 6.07) is 0. The average Bonchev–Trinajstić information content (AvgIpc) is 2.78. The molecular formula is C9H15N2O14P3S. The van der Waals surface area contributed by atoms with Crippen LogP contribution in [0.5, 0.6) is 0 Å².